The van der Waals surface area contributed by atoms with E-state index in [1.165, 1.54) is 19.4 Å². The number of carbonyl (C=O) groups excluding carboxylic acids is 2. The van der Waals surface area contributed by atoms with Crippen molar-refractivity contribution in [2.24, 2.45) is 5.92 Å². The number of rotatable bonds is 9. The van der Waals surface area contributed by atoms with E-state index >= 15 is 0 Å². The molecule has 0 aromatic heterocycles. The molecular formula is C32H38N4O3. The van der Waals surface area contributed by atoms with Crippen molar-refractivity contribution in [3.8, 4) is 0 Å². The summed E-state index contributed by atoms with van der Waals surface area (Å²) in [6, 6.07) is 24.5. The third-order valence-electron chi connectivity index (χ3n) is 7.67. The molecule has 7 nitrogen and oxygen atoms in total. The molecule has 2 aliphatic rings. The van der Waals surface area contributed by atoms with Crippen molar-refractivity contribution < 1.29 is 14.3 Å². The molecule has 2 fully saturated rings. The zero-order chi connectivity index (χ0) is 27.2. The van der Waals surface area contributed by atoms with Crippen molar-refractivity contribution in [1.82, 2.24) is 4.90 Å². The maximum Gasteiger partial charge on any atom is 0.412 e. The summed E-state index contributed by atoms with van der Waals surface area (Å²) >= 11 is 0. The average Bonchev–Trinajstić information content (AvgIpc) is 3.75. The zero-order valence-corrected chi connectivity index (χ0v) is 22.8. The van der Waals surface area contributed by atoms with Crippen LogP contribution < -0.4 is 16.0 Å². The highest BCUT2D eigenvalue weighted by Crippen LogP contribution is 2.36. The van der Waals surface area contributed by atoms with Crippen molar-refractivity contribution in [3.63, 3.8) is 0 Å². The second-order valence-electron chi connectivity index (χ2n) is 11.3. The molecule has 0 spiro atoms. The Bertz CT molecular complexity index is 1270. The number of benzene rings is 3. The topological polar surface area (TPSA) is 82.7 Å². The first-order chi connectivity index (χ1) is 18.9. The van der Waals surface area contributed by atoms with Crippen LogP contribution in [0.4, 0.5) is 21.9 Å². The largest absolute Gasteiger partial charge is 0.444 e. The van der Waals surface area contributed by atoms with Gasteiger partial charge in [-0.3, -0.25) is 15.0 Å². The number of amides is 2. The first kappa shape index (κ1) is 26.8. The highest BCUT2D eigenvalue weighted by atomic mass is 16.5. The lowest BCUT2D eigenvalue weighted by Gasteiger charge is -2.46. The molecule has 3 aromatic carbocycles. The summed E-state index contributed by atoms with van der Waals surface area (Å²) in [4.78, 5) is 28.0. The standard InChI is InChI=1S/C32H38N4O3/c1-32(2)20-27(18-19-36(32)21-23-12-13-23)33-26-16-14-25(15-17-26)30(37)34-28-10-6-7-11-29(28)35-31(38)39-22-24-8-4-3-5-9-24/h3-11,14-17,23,27,33H,12-13,18-22H2,1-2H3,(H,34,37)(H,35,38). The lowest BCUT2D eigenvalue weighted by atomic mass is 9.86. The normalized spacial score (nSPS) is 18.7. The molecule has 1 unspecified atom stereocenters. The van der Waals surface area contributed by atoms with Crippen LogP contribution in [0.1, 0.15) is 55.5 Å². The zero-order valence-electron chi connectivity index (χ0n) is 22.8. The number of hydrogen-bond acceptors (Lipinski definition) is 5. The van der Waals surface area contributed by atoms with E-state index in [1.807, 2.05) is 54.6 Å². The van der Waals surface area contributed by atoms with Gasteiger partial charge in [-0.05, 0) is 87.4 Å². The molecule has 3 aromatic rings. The lowest BCUT2D eigenvalue weighted by Crippen LogP contribution is -2.53. The van der Waals surface area contributed by atoms with Gasteiger partial charge in [-0.1, -0.05) is 42.5 Å². The first-order valence-corrected chi connectivity index (χ1v) is 13.9. The Balaban J connectivity index is 1.14. The minimum absolute atomic E-state index is 0.165. The molecule has 1 saturated carbocycles. The summed E-state index contributed by atoms with van der Waals surface area (Å²) < 4.78 is 5.32. The van der Waals surface area contributed by atoms with Crippen LogP contribution >= 0.6 is 0 Å². The van der Waals surface area contributed by atoms with Gasteiger partial charge < -0.3 is 15.4 Å². The molecule has 0 radical (unpaired) electrons. The van der Waals surface area contributed by atoms with Gasteiger partial charge in [0.2, 0.25) is 0 Å². The number of likely N-dealkylation sites (tertiary alicyclic amines) is 1. The van der Waals surface area contributed by atoms with Gasteiger partial charge in [0.05, 0.1) is 11.4 Å². The monoisotopic (exact) mass is 526 g/mol. The number of para-hydroxylation sites is 2. The molecule has 5 rings (SSSR count). The van der Waals surface area contributed by atoms with Gasteiger partial charge in [0, 0.05) is 35.9 Å². The second-order valence-corrected chi connectivity index (χ2v) is 11.3. The maximum atomic E-state index is 13.0. The third kappa shape index (κ3) is 7.39. The summed E-state index contributed by atoms with van der Waals surface area (Å²) in [7, 11) is 0. The minimum atomic E-state index is -0.586. The molecular weight excluding hydrogens is 488 g/mol. The van der Waals surface area contributed by atoms with Crippen LogP contribution in [-0.2, 0) is 11.3 Å². The van der Waals surface area contributed by atoms with Crippen LogP contribution in [0.15, 0.2) is 78.9 Å². The van der Waals surface area contributed by atoms with Crippen LogP contribution in [-0.4, -0.2) is 41.6 Å². The van der Waals surface area contributed by atoms with E-state index in [2.05, 4.69) is 34.7 Å². The number of ether oxygens (including phenoxy) is 1. The van der Waals surface area contributed by atoms with Crippen LogP contribution in [0.2, 0.25) is 0 Å². The molecule has 7 heteroatoms. The van der Waals surface area contributed by atoms with E-state index < -0.39 is 6.09 Å². The van der Waals surface area contributed by atoms with Crippen LogP contribution in [0.5, 0.6) is 0 Å². The number of carbonyl (C=O) groups is 2. The van der Waals surface area contributed by atoms with Crippen molar-refractivity contribution in [2.45, 2.75) is 57.7 Å². The SMILES string of the molecule is CC1(C)CC(Nc2ccc(C(=O)Nc3ccccc3NC(=O)OCc3ccccc3)cc2)CCN1CC1CC1. The smallest absolute Gasteiger partial charge is 0.412 e. The minimum Gasteiger partial charge on any atom is -0.444 e. The van der Waals surface area contributed by atoms with E-state index in [0.717, 1.165) is 36.6 Å². The highest BCUT2D eigenvalue weighted by Gasteiger charge is 2.37. The van der Waals surface area contributed by atoms with Crippen molar-refractivity contribution >= 4 is 29.1 Å². The fraction of sp³-hybridized carbons (Fsp3) is 0.375. The Morgan fingerprint density at radius 3 is 2.21 bits per heavy atom. The number of nitrogens with zero attached hydrogens (tertiary/aromatic N) is 1. The summed E-state index contributed by atoms with van der Waals surface area (Å²) in [6.07, 6.45) is 4.41. The van der Waals surface area contributed by atoms with Gasteiger partial charge >= 0.3 is 6.09 Å². The van der Waals surface area contributed by atoms with Crippen LogP contribution in [0.25, 0.3) is 0 Å². The predicted molar refractivity (Wildman–Crippen MR) is 156 cm³/mol. The maximum absolute atomic E-state index is 13.0. The highest BCUT2D eigenvalue weighted by molar-refractivity contribution is 6.07. The van der Waals surface area contributed by atoms with Crippen molar-refractivity contribution in [3.05, 3.63) is 90.0 Å². The molecule has 3 N–H and O–H groups in total. The summed E-state index contributed by atoms with van der Waals surface area (Å²) in [6.45, 7) is 7.23. The number of hydrogen-bond donors (Lipinski definition) is 3. The van der Waals surface area contributed by atoms with Gasteiger partial charge in [0.25, 0.3) is 5.91 Å². The Kier molecular flexibility index (Phi) is 8.17. The van der Waals surface area contributed by atoms with E-state index in [4.69, 9.17) is 4.74 Å². The van der Waals surface area contributed by atoms with E-state index in [0.29, 0.717) is 23.0 Å². The van der Waals surface area contributed by atoms with Gasteiger partial charge in [0.1, 0.15) is 6.61 Å². The lowest BCUT2D eigenvalue weighted by molar-refractivity contribution is 0.0660. The Morgan fingerprint density at radius 1 is 0.872 bits per heavy atom. The molecule has 2 amide bonds. The van der Waals surface area contributed by atoms with Gasteiger partial charge in [-0.25, -0.2) is 4.79 Å². The summed E-state index contributed by atoms with van der Waals surface area (Å²) in [5.74, 6) is 0.659. The van der Waals surface area contributed by atoms with E-state index in [1.54, 1.807) is 24.3 Å². The fourth-order valence-corrected chi connectivity index (χ4v) is 5.24. The van der Waals surface area contributed by atoms with Gasteiger partial charge in [-0.15, -0.1) is 0 Å². The number of nitrogens with one attached hydrogen (secondary N) is 3. The Hall–Kier alpha value is -3.84. The molecule has 204 valence electrons. The van der Waals surface area contributed by atoms with Crippen LogP contribution in [0, 0.1) is 5.92 Å². The Morgan fingerprint density at radius 2 is 1.54 bits per heavy atom. The number of piperidine rings is 1. The quantitative estimate of drug-likeness (QED) is 0.287. The van der Waals surface area contributed by atoms with Crippen LogP contribution in [0.3, 0.4) is 0 Å². The Labute approximate surface area is 230 Å². The third-order valence-corrected chi connectivity index (χ3v) is 7.67. The van der Waals surface area contributed by atoms with E-state index in [-0.39, 0.29) is 18.1 Å². The van der Waals surface area contributed by atoms with Crippen molar-refractivity contribution in [1.29, 1.82) is 0 Å². The summed E-state index contributed by atoms with van der Waals surface area (Å²) in [5.41, 5.74) is 3.62. The molecule has 1 saturated heterocycles. The summed E-state index contributed by atoms with van der Waals surface area (Å²) in [5, 5.41) is 9.31. The second kappa shape index (κ2) is 11.9. The molecule has 1 heterocycles. The first-order valence-electron chi connectivity index (χ1n) is 13.9. The van der Waals surface area contributed by atoms with Gasteiger partial charge in [0.15, 0.2) is 0 Å². The molecule has 39 heavy (non-hydrogen) atoms. The fourth-order valence-electron chi connectivity index (χ4n) is 5.24. The average molecular weight is 527 g/mol. The van der Waals surface area contributed by atoms with Crippen molar-refractivity contribution in [2.75, 3.05) is 29.0 Å². The number of anilines is 3. The molecule has 0 bridgehead atoms. The van der Waals surface area contributed by atoms with E-state index in [9.17, 15) is 9.59 Å². The predicted octanol–water partition coefficient (Wildman–Crippen LogP) is 6.75. The molecule has 1 atom stereocenters. The molecule has 1 aliphatic heterocycles. The molecule has 1 aliphatic carbocycles. The van der Waals surface area contributed by atoms with Gasteiger partial charge in [-0.2, -0.15) is 0 Å².